The summed E-state index contributed by atoms with van der Waals surface area (Å²) < 4.78 is 36.1. The maximum atomic E-state index is 13.2. The third kappa shape index (κ3) is 5.96. The fourth-order valence-electron chi connectivity index (χ4n) is 1.94. The predicted octanol–water partition coefficient (Wildman–Crippen LogP) is 4.10. The van der Waals surface area contributed by atoms with Crippen molar-refractivity contribution < 1.29 is 22.5 Å². The molecule has 0 bridgehead atoms. The van der Waals surface area contributed by atoms with Crippen LogP contribution in [-0.4, -0.2) is 39.3 Å². The van der Waals surface area contributed by atoms with Crippen LogP contribution in [0.15, 0.2) is 0 Å². The van der Waals surface area contributed by atoms with Crippen molar-refractivity contribution >= 4 is 16.2 Å². The molecule has 1 atom stereocenters. The molecule has 0 radical (unpaired) electrons. The molecule has 5 nitrogen and oxygen atoms in total. The first-order valence-corrected chi connectivity index (χ1v) is 11.4. The van der Waals surface area contributed by atoms with Gasteiger partial charge >= 0.3 is 16.2 Å². The van der Waals surface area contributed by atoms with E-state index in [-0.39, 0.29) is 17.5 Å². The van der Waals surface area contributed by atoms with Crippen LogP contribution in [0, 0.1) is 0 Å². The van der Waals surface area contributed by atoms with Gasteiger partial charge in [0.05, 0.1) is 12.2 Å². The standard InChI is InChI=1S/C13H31O5PSi/c1-9-15-20(8,16-10-2)13(7)19(14,17-11(3)4)18-12(5)6/h11-13H,9-10H2,1-8H3. The minimum atomic E-state index is -3.29. The van der Waals surface area contributed by atoms with Gasteiger partial charge < -0.3 is 17.9 Å². The average molecular weight is 326 g/mol. The third-order valence-corrected chi connectivity index (χ3v) is 10.8. The highest BCUT2D eigenvalue weighted by atomic mass is 31.2. The number of rotatable bonds is 10. The van der Waals surface area contributed by atoms with E-state index in [1.54, 1.807) is 0 Å². The zero-order chi connectivity index (χ0) is 16.0. The van der Waals surface area contributed by atoms with Crippen molar-refractivity contribution in [2.45, 2.75) is 72.5 Å². The zero-order valence-corrected chi connectivity index (χ0v) is 16.0. The van der Waals surface area contributed by atoms with Crippen LogP contribution < -0.4 is 0 Å². The van der Waals surface area contributed by atoms with E-state index < -0.39 is 16.2 Å². The van der Waals surface area contributed by atoms with Crippen LogP contribution >= 0.6 is 7.60 Å². The van der Waals surface area contributed by atoms with E-state index >= 15 is 0 Å². The maximum Gasteiger partial charge on any atom is 0.350 e. The molecule has 0 aromatic carbocycles. The number of hydrogen-bond acceptors (Lipinski definition) is 5. The summed E-state index contributed by atoms with van der Waals surface area (Å²) in [5.74, 6) is 0. The van der Waals surface area contributed by atoms with Crippen molar-refractivity contribution in [3.63, 3.8) is 0 Å². The molecule has 122 valence electrons. The summed E-state index contributed by atoms with van der Waals surface area (Å²) in [6.07, 6.45) is -0.355. The Morgan fingerprint density at radius 2 is 1.25 bits per heavy atom. The van der Waals surface area contributed by atoms with Crippen LogP contribution in [-0.2, 0) is 22.5 Å². The molecular formula is C13H31O5PSi. The molecule has 0 N–H and O–H groups in total. The zero-order valence-electron chi connectivity index (χ0n) is 14.1. The lowest BCUT2D eigenvalue weighted by molar-refractivity contribution is 0.132. The lowest BCUT2D eigenvalue weighted by Crippen LogP contribution is -2.50. The van der Waals surface area contributed by atoms with Gasteiger partial charge in [-0.05, 0) is 55.0 Å². The molecule has 0 spiro atoms. The molecule has 0 aliphatic rings. The van der Waals surface area contributed by atoms with Gasteiger partial charge in [0.1, 0.15) is 5.28 Å². The second-order valence-electron chi connectivity index (χ2n) is 5.41. The Bertz CT molecular complexity index is 302. The Morgan fingerprint density at radius 3 is 1.50 bits per heavy atom. The van der Waals surface area contributed by atoms with Crippen LogP contribution in [0.5, 0.6) is 0 Å². The van der Waals surface area contributed by atoms with E-state index in [2.05, 4.69) is 0 Å². The van der Waals surface area contributed by atoms with E-state index in [9.17, 15) is 4.57 Å². The molecule has 0 saturated heterocycles. The van der Waals surface area contributed by atoms with Crippen LogP contribution in [0.4, 0.5) is 0 Å². The monoisotopic (exact) mass is 326 g/mol. The highest BCUT2D eigenvalue weighted by Crippen LogP contribution is 2.57. The maximum absolute atomic E-state index is 13.2. The SMILES string of the molecule is CCO[Si](C)(OCC)C(C)P(=O)(OC(C)C)OC(C)C. The van der Waals surface area contributed by atoms with E-state index in [0.29, 0.717) is 13.2 Å². The van der Waals surface area contributed by atoms with Crippen LogP contribution in [0.2, 0.25) is 6.55 Å². The largest absolute Gasteiger partial charge is 0.394 e. The van der Waals surface area contributed by atoms with Crippen molar-refractivity contribution in [2.75, 3.05) is 13.2 Å². The molecule has 0 amide bonds. The van der Waals surface area contributed by atoms with Gasteiger partial charge in [0.25, 0.3) is 0 Å². The first kappa shape index (κ1) is 20.3. The highest BCUT2D eigenvalue weighted by molar-refractivity contribution is 7.57. The molecule has 0 aromatic rings. The third-order valence-electron chi connectivity index (χ3n) is 2.81. The fourth-order valence-corrected chi connectivity index (χ4v) is 8.35. The summed E-state index contributed by atoms with van der Waals surface area (Å²) in [5, 5.41) is -0.389. The quantitative estimate of drug-likeness (QED) is 0.447. The molecule has 0 rings (SSSR count). The molecule has 0 aliphatic heterocycles. The van der Waals surface area contributed by atoms with Gasteiger partial charge in [0.15, 0.2) is 0 Å². The summed E-state index contributed by atoms with van der Waals surface area (Å²) in [6.45, 7) is 16.0. The average Bonchev–Trinajstić information content (AvgIpc) is 2.26. The van der Waals surface area contributed by atoms with Gasteiger partial charge in [-0.25, -0.2) is 0 Å². The molecule has 0 heterocycles. The van der Waals surface area contributed by atoms with Gasteiger partial charge in [-0.3, -0.25) is 4.57 Å². The Kier molecular flexibility index (Phi) is 8.79. The molecular weight excluding hydrogens is 295 g/mol. The molecule has 0 saturated carbocycles. The van der Waals surface area contributed by atoms with Crippen molar-refractivity contribution in [3.8, 4) is 0 Å². The number of hydrogen-bond donors (Lipinski definition) is 0. The minimum absolute atomic E-state index is 0.177. The lowest BCUT2D eigenvalue weighted by Gasteiger charge is -2.36. The second-order valence-corrected chi connectivity index (χ2v) is 11.6. The molecule has 7 heteroatoms. The Hall–Kier alpha value is 0.287. The van der Waals surface area contributed by atoms with E-state index in [4.69, 9.17) is 17.9 Å². The van der Waals surface area contributed by atoms with Crippen LogP contribution in [0.3, 0.4) is 0 Å². The highest BCUT2D eigenvalue weighted by Gasteiger charge is 2.51. The molecule has 20 heavy (non-hydrogen) atoms. The molecule has 1 unspecified atom stereocenters. The normalized spacial score (nSPS) is 15.1. The first-order valence-electron chi connectivity index (χ1n) is 7.35. The second kappa shape index (κ2) is 8.66. The molecule has 0 fully saturated rings. The van der Waals surface area contributed by atoms with Crippen molar-refractivity contribution in [1.82, 2.24) is 0 Å². The van der Waals surface area contributed by atoms with Crippen LogP contribution in [0.25, 0.3) is 0 Å². The lowest BCUT2D eigenvalue weighted by atomic mass is 10.5. The predicted molar refractivity (Wildman–Crippen MR) is 84.4 cm³/mol. The Balaban J connectivity index is 5.36. The Labute approximate surface area is 125 Å². The van der Waals surface area contributed by atoms with Crippen molar-refractivity contribution in [1.29, 1.82) is 0 Å². The van der Waals surface area contributed by atoms with Crippen molar-refractivity contribution in [3.05, 3.63) is 0 Å². The summed E-state index contributed by atoms with van der Waals surface area (Å²) in [7, 11) is -5.93. The van der Waals surface area contributed by atoms with Gasteiger partial charge in [0.2, 0.25) is 0 Å². The van der Waals surface area contributed by atoms with Crippen LogP contribution in [0.1, 0.15) is 48.5 Å². The molecule has 0 aromatic heterocycles. The van der Waals surface area contributed by atoms with E-state index in [1.807, 2.05) is 55.0 Å². The topological polar surface area (TPSA) is 54.0 Å². The van der Waals surface area contributed by atoms with Gasteiger partial charge in [-0.2, -0.15) is 0 Å². The van der Waals surface area contributed by atoms with Gasteiger partial charge in [0, 0.05) is 13.2 Å². The fraction of sp³-hybridized carbons (Fsp3) is 1.00. The molecule has 0 aliphatic carbocycles. The summed E-state index contributed by atoms with van der Waals surface area (Å²) in [5.41, 5.74) is 0. The Morgan fingerprint density at radius 1 is 0.900 bits per heavy atom. The van der Waals surface area contributed by atoms with Crippen molar-refractivity contribution in [2.24, 2.45) is 0 Å². The summed E-state index contributed by atoms with van der Waals surface area (Å²) in [6, 6.07) is 0. The smallest absolute Gasteiger partial charge is 0.350 e. The first-order chi connectivity index (χ1) is 9.11. The van der Waals surface area contributed by atoms with E-state index in [0.717, 1.165) is 0 Å². The summed E-state index contributed by atoms with van der Waals surface area (Å²) >= 11 is 0. The van der Waals surface area contributed by atoms with Gasteiger partial charge in [-0.15, -0.1) is 0 Å². The van der Waals surface area contributed by atoms with Gasteiger partial charge in [-0.1, -0.05) is 0 Å². The summed E-state index contributed by atoms with van der Waals surface area (Å²) in [4.78, 5) is 0. The minimum Gasteiger partial charge on any atom is -0.394 e. The van der Waals surface area contributed by atoms with E-state index in [1.165, 1.54) is 0 Å².